The van der Waals surface area contributed by atoms with E-state index in [-0.39, 0.29) is 17.8 Å². The van der Waals surface area contributed by atoms with Crippen molar-refractivity contribution in [2.45, 2.75) is 38.1 Å². The molecule has 1 saturated carbocycles. The number of amides is 1. The summed E-state index contributed by atoms with van der Waals surface area (Å²) in [7, 11) is 4.15. The van der Waals surface area contributed by atoms with Crippen molar-refractivity contribution in [2.24, 2.45) is 17.6 Å². The molecule has 0 aliphatic heterocycles. The van der Waals surface area contributed by atoms with E-state index >= 15 is 0 Å². The van der Waals surface area contributed by atoms with Crippen LogP contribution in [0.5, 0.6) is 0 Å². The summed E-state index contributed by atoms with van der Waals surface area (Å²) in [5.41, 5.74) is 7.63. The molecule has 1 amide bonds. The number of primary amides is 1. The van der Waals surface area contributed by atoms with Crippen LogP contribution in [-0.4, -0.2) is 24.9 Å². The molecule has 1 atom stereocenters. The molecule has 0 bridgehead atoms. The fraction of sp³-hybridized carbons (Fsp3) is 0.476. The maximum absolute atomic E-state index is 13.7. The van der Waals surface area contributed by atoms with Gasteiger partial charge in [-0.1, -0.05) is 12.1 Å². The highest BCUT2D eigenvalue weighted by Gasteiger charge is 2.30. The Morgan fingerprint density at radius 1 is 1.27 bits per heavy atom. The SMILES string of the molecule is CN(C)C(c1cccc(F)c1)C1CCC(Cc2ccsc2C(N)=O)CC1. The van der Waals surface area contributed by atoms with Crippen molar-refractivity contribution in [3.63, 3.8) is 0 Å². The molecule has 5 heteroatoms. The van der Waals surface area contributed by atoms with Gasteiger partial charge in [0, 0.05) is 6.04 Å². The molecular formula is C21H27FN2OS. The van der Waals surface area contributed by atoms with Crippen LogP contribution in [0.25, 0.3) is 0 Å². The van der Waals surface area contributed by atoms with Crippen LogP contribution in [-0.2, 0) is 6.42 Å². The summed E-state index contributed by atoms with van der Waals surface area (Å²) in [4.78, 5) is 14.4. The number of hydrogen-bond acceptors (Lipinski definition) is 3. The van der Waals surface area contributed by atoms with Gasteiger partial charge in [0.1, 0.15) is 5.82 Å². The maximum atomic E-state index is 13.7. The van der Waals surface area contributed by atoms with Crippen LogP contribution < -0.4 is 5.73 Å². The summed E-state index contributed by atoms with van der Waals surface area (Å²) in [6.07, 6.45) is 5.46. The molecule has 26 heavy (non-hydrogen) atoms. The van der Waals surface area contributed by atoms with Gasteiger partial charge in [-0.15, -0.1) is 11.3 Å². The normalized spacial score (nSPS) is 21.7. The van der Waals surface area contributed by atoms with Gasteiger partial charge in [0.15, 0.2) is 0 Å². The lowest BCUT2D eigenvalue weighted by Crippen LogP contribution is -2.31. The molecule has 1 aliphatic rings. The summed E-state index contributed by atoms with van der Waals surface area (Å²) in [6.45, 7) is 0. The number of hydrogen-bond donors (Lipinski definition) is 1. The standard InChI is InChI=1S/C21H27FN2OS/c1-24(2)19(16-4-3-5-18(22)13-16)15-8-6-14(7-9-15)12-17-10-11-26-20(17)21(23)25/h3-5,10-11,13-15,19H,6-9,12H2,1-2H3,(H2,23,25). The molecule has 1 fully saturated rings. The maximum Gasteiger partial charge on any atom is 0.259 e. The van der Waals surface area contributed by atoms with E-state index in [1.807, 2.05) is 17.5 Å². The molecule has 2 N–H and O–H groups in total. The Bertz CT molecular complexity index is 750. The zero-order valence-electron chi connectivity index (χ0n) is 15.5. The third kappa shape index (κ3) is 4.33. The number of carbonyl (C=O) groups excluding carboxylic acids is 1. The van der Waals surface area contributed by atoms with Gasteiger partial charge in [-0.05, 0) is 92.7 Å². The van der Waals surface area contributed by atoms with Crippen LogP contribution in [0.1, 0.15) is 52.5 Å². The number of thiophene rings is 1. The van der Waals surface area contributed by atoms with E-state index in [9.17, 15) is 9.18 Å². The van der Waals surface area contributed by atoms with Gasteiger partial charge >= 0.3 is 0 Å². The van der Waals surface area contributed by atoms with Gasteiger partial charge in [0.05, 0.1) is 4.88 Å². The van der Waals surface area contributed by atoms with Crippen molar-refractivity contribution in [1.29, 1.82) is 0 Å². The second-order valence-electron chi connectivity index (χ2n) is 7.59. The van der Waals surface area contributed by atoms with Crippen molar-refractivity contribution in [1.82, 2.24) is 4.90 Å². The molecule has 0 saturated heterocycles. The lowest BCUT2D eigenvalue weighted by atomic mass is 9.74. The Morgan fingerprint density at radius 3 is 2.62 bits per heavy atom. The minimum absolute atomic E-state index is 0.167. The summed E-state index contributed by atoms with van der Waals surface area (Å²) in [5, 5.41) is 1.95. The van der Waals surface area contributed by atoms with E-state index in [0.29, 0.717) is 16.7 Å². The topological polar surface area (TPSA) is 46.3 Å². The first-order valence-corrected chi connectivity index (χ1v) is 10.1. The molecule has 0 spiro atoms. The van der Waals surface area contributed by atoms with Gasteiger partial charge in [0.25, 0.3) is 5.91 Å². The Morgan fingerprint density at radius 2 is 2.00 bits per heavy atom. The Labute approximate surface area is 159 Å². The lowest BCUT2D eigenvalue weighted by Gasteiger charge is -2.37. The predicted molar refractivity (Wildman–Crippen MR) is 105 cm³/mol. The van der Waals surface area contributed by atoms with E-state index in [1.165, 1.54) is 17.4 Å². The molecule has 1 heterocycles. The number of nitrogens with two attached hydrogens (primary N) is 1. The zero-order valence-corrected chi connectivity index (χ0v) is 16.3. The van der Waals surface area contributed by atoms with Crippen molar-refractivity contribution < 1.29 is 9.18 Å². The minimum atomic E-state index is -0.317. The summed E-state index contributed by atoms with van der Waals surface area (Å²) >= 11 is 1.44. The number of nitrogens with zero attached hydrogens (tertiary/aromatic N) is 1. The minimum Gasteiger partial charge on any atom is -0.365 e. The van der Waals surface area contributed by atoms with Crippen molar-refractivity contribution in [2.75, 3.05) is 14.1 Å². The van der Waals surface area contributed by atoms with E-state index < -0.39 is 0 Å². The molecule has 1 aromatic carbocycles. The van der Waals surface area contributed by atoms with Gasteiger partial charge in [-0.25, -0.2) is 4.39 Å². The quantitative estimate of drug-likeness (QED) is 0.801. The molecule has 1 aliphatic carbocycles. The number of benzene rings is 1. The molecule has 2 aromatic rings. The highest BCUT2D eigenvalue weighted by Crippen LogP contribution is 2.40. The van der Waals surface area contributed by atoms with Crippen LogP contribution in [0.4, 0.5) is 4.39 Å². The zero-order chi connectivity index (χ0) is 18.7. The van der Waals surface area contributed by atoms with Gasteiger partial charge < -0.3 is 10.6 Å². The van der Waals surface area contributed by atoms with Crippen molar-refractivity contribution in [3.05, 3.63) is 57.5 Å². The smallest absolute Gasteiger partial charge is 0.259 e. The van der Waals surface area contributed by atoms with Crippen LogP contribution in [0.2, 0.25) is 0 Å². The average Bonchev–Trinajstić information content (AvgIpc) is 3.05. The van der Waals surface area contributed by atoms with E-state index in [2.05, 4.69) is 19.0 Å². The first-order valence-electron chi connectivity index (χ1n) is 9.23. The predicted octanol–water partition coefficient (Wildman–Crippen LogP) is 4.64. The molecule has 1 unspecified atom stereocenters. The molecule has 3 nitrogen and oxygen atoms in total. The average molecular weight is 375 g/mol. The van der Waals surface area contributed by atoms with Crippen LogP contribution in [0, 0.1) is 17.7 Å². The van der Waals surface area contributed by atoms with Crippen LogP contribution in [0.3, 0.4) is 0 Å². The molecule has 0 radical (unpaired) electrons. The first-order chi connectivity index (χ1) is 12.5. The largest absolute Gasteiger partial charge is 0.365 e. The second-order valence-corrected chi connectivity index (χ2v) is 8.50. The summed E-state index contributed by atoms with van der Waals surface area (Å²) < 4.78 is 13.7. The van der Waals surface area contributed by atoms with Gasteiger partial charge in [-0.2, -0.15) is 0 Å². The number of rotatable bonds is 6. The fourth-order valence-corrected chi connectivity index (χ4v) is 5.20. The van der Waals surface area contributed by atoms with Crippen LogP contribution >= 0.6 is 11.3 Å². The third-order valence-electron chi connectivity index (χ3n) is 5.56. The molecule has 1 aromatic heterocycles. The number of halogens is 1. The van der Waals surface area contributed by atoms with E-state index in [1.54, 1.807) is 12.1 Å². The monoisotopic (exact) mass is 374 g/mol. The highest BCUT2D eigenvalue weighted by atomic mass is 32.1. The summed E-state index contributed by atoms with van der Waals surface area (Å²) in [6, 6.07) is 9.28. The molecule has 3 rings (SSSR count). The first kappa shape index (κ1) is 19.1. The van der Waals surface area contributed by atoms with Crippen molar-refractivity contribution in [3.8, 4) is 0 Å². The third-order valence-corrected chi connectivity index (χ3v) is 6.53. The summed E-state index contributed by atoms with van der Waals surface area (Å²) in [5.74, 6) is 0.636. The lowest BCUT2D eigenvalue weighted by molar-refractivity contribution is 0.100. The molecular weight excluding hydrogens is 347 g/mol. The van der Waals surface area contributed by atoms with Gasteiger partial charge in [-0.3, -0.25) is 4.79 Å². The Kier molecular flexibility index (Phi) is 6.09. The van der Waals surface area contributed by atoms with Crippen LogP contribution in [0.15, 0.2) is 35.7 Å². The van der Waals surface area contributed by atoms with E-state index in [0.717, 1.165) is 43.2 Å². The highest BCUT2D eigenvalue weighted by molar-refractivity contribution is 7.12. The Hall–Kier alpha value is -1.72. The van der Waals surface area contributed by atoms with Gasteiger partial charge in [0.2, 0.25) is 0 Å². The van der Waals surface area contributed by atoms with Crippen molar-refractivity contribution >= 4 is 17.2 Å². The molecule has 140 valence electrons. The number of carbonyl (C=O) groups is 1. The Balaban J connectivity index is 1.65. The van der Waals surface area contributed by atoms with E-state index in [4.69, 9.17) is 5.73 Å². The fourth-order valence-electron chi connectivity index (χ4n) is 4.41. The second kappa shape index (κ2) is 8.31.